The van der Waals surface area contributed by atoms with Gasteiger partial charge in [0.2, 0.25) is 5.91 Å². The lowest BCUT2D eigenvalue weighted by molar-refractivity contribution is -0.157. The van der Waals surface area contributed by atoms with Crippen LogP contribution in [-0.2, 0) is 11.3 Å². The molecule has 2 rings (SSSR count). The van der Waals surface area contributed by atoms with E-state index in [-0.39, 0.29) is 6.54 Å². The van der Waals surface area contributed by atoms with Crippen molar-refractivity contribution < 1.29 is 22.4 Å². The number of rotatable bonds is 5. The second-order valence-electron chi connectivity index (χ2n) is 5.79. The van der Waals surface area contributed by atoms with Crippen LogP contribution >= 0.6 is 0 Å². The Morgan fingerprint density at radius 1 is 1.27 bits per heavy atom. The highest BCUT2D eigenvalue weighted by Crippen LogP contribution is 2.24. The van der Waals surface area contributed by atoms with Crippen LogP contribution in [0.1, 0.15) is 11.3 Å². The Balaban J connectivity index is 1.89. The molecule has 0 bridgehead atoms. The van der Waals surface area contributed by atoms with E-state index in [0.717, 1.165) is 29.3 Å². The number of carbonyl (C=O) groups is 1. The van der Waals surface area contributed by atoms with E-state index in [1.165, 1.54) is 7.05 Å². The van der Waals surface area contributed by atoms with E-state index >= 15 is 0 Å². The Hall–Kier alpha value is -2.71. The zero-order chi connectivity index (χ0) is 19.3. The van der Waals surface area contributed by atoms with Crippen LogP contribution in [0.4, 0.5) is 13.2 Å². The molecule has 2 aromatic rings. The zero-order valence-corrected chi connectivity index (χ0v) is 14.8. The molecule has 0 spiro atoms. The standard InChI is InChI=1S/C17H21F3N4O2/c1-11-12-6-4-5-7-13(12)26-14(11)8-22-16(21-2)23-9-15(25)24(3)10-17(18,19)20/h4-7H,8-10H2,1-3H3,(H2,21,22,23). The van der Waals surface area contributed by atoms with Crippen molar-refractivity contribution in [2.45, 2.75) is 19.6 Å². The fourth-order valence-electron chi connectivity index (χ4n) is 2.43. The highest BCUT2D eigenvalue weighted by Gasteiger charge is 2.31. The van der Waals surface area contributed by atoms with E-state index in [9.17, 15) is 18.0 Å². The first-order chi connectivity index (χ1) is 12.2. The lowest BCUT2D eigenvalue weighted by Crippen LogP contribution is -2.45. The second-order valence-corrected chi connectivity index (χ2v) is 5.79. The highest BCUT2D eigenvalue weighted by molar-refractivity contribution is 5.86. The maximum Gasteiger partial charge on any atom is 0.406 e. The molecule has 0 aliphatic heterocycles. The van der Waals surface area contributed by atoms with Crippen molar-refractivity contribution in [3.05, 3.63) is 35.6 Å². The second kappa shape index (κ2) is 8.11. The fraction of sp³-hybridized carbons (Fsp3) is 0.412. The number of aryl methyl sites for hydroxylation is 1. The molecular formula is C17H21F3N4O2. The molecule has 0 fully saturated rings. The van der Waals surface area contributed by atoms with Gasteiger partial charge < -0.3 is 20.0 Å². The molecule has 0 radical (unpaired) electrons. The number of hydrogen-bond donors (Lipinski definition) is 2. The van der Waals surface area contributed by atoms with Crippen LogP contribution in [0.15, 0.2) is 33.7 Å². The minimum atomic E-state index is -4.43. The van der Waals surface area contributed by atoms with Gasteiger partial charge in [-0.15, -0.1) is 0 Å². The van der Waals surface area contributed by atoms with Crippen LogP contribution in [0.2, 0.25) is 0 Å². The number of guanidine groups is 1. The number of para-hydroxylation sites is 1. The number of likely N-dealkylation sites (N-methyl/N-ethyl adjacent to an activating group) is 1. The molecular weight excluding hydrogens is 349 g/mol. The summed E-state index contributed by atoms with van der Waals surface area (Å²) in [5.41, 5.74) is 1.76. The highest BCUT2D eigenvalue weighted by atomic mass is 19.4. The van der Waals surface area contributed by atoms with Crippen LogP contribution in [-0.4, -0.2) is 50.1 Å². The molecule has 1 aromatic carbocycles. The van der Waals surface area contributed by atoms with Crippen LogP contribution in [0.3, 0.4) is 0 Å². The third kappa shape index (κ3) is 5.14. The van der Waals surface area contributed by atoms with Crippen molar-refractivity contribution in [3.63, 3.8) is 0 Å². The van der Waals surface area contributed by atoms with Crippen molar-refractivity contribution in [1.29, 1.82) is 0 Å². The van der Waals surface area contributed by atoms with Gasteiger partial charge in [0.25, 0.3) is 0 Å². The van der Waals surface area contributed by atoms with Crippen molar-refractivity contribution in [3.8, 4) is 0 Å². The molecule has 1 heterocycles. The first kappa shape index (κ1) is 19.6. The molecule has 1 aromatic heterocycles. The first-order valence-electron chi connectivity index (χ1n) is 7.93. The van der Waals surface area contributed by atoms with Gasteiger partial charge in [-0.25, -0.2) is 0 Å². The number of fused-ring (bicyclic) bond motifs is 1. The summed E-state index contributed by atoms with van der Waals surface area (Å²) >= 11 is 0. The topological polar surface area (TPSA) is 69.9 Å². The average Bonchev–Trinajstić information content (AvgIpc) is 2.90. The SMILES string of the molecule is CN=C(NCC(=O)N(C)CC(F)(F)F)NCc1oc2ccccc2c1C. The molecule has 142 valence electrons. The van der Waals surface area contributed by atoms with Crippen molar-refractivity contribution in [2.75, 3.05) is 27.2 Å². The van der Waals surface area contributed by atoms with Gasteiger partial charge in [-0.3, -0.25) is 9.79 Å². The number of hydrogen-bond acceptors (Lipinski definition) is 3. The number of benzene rings is 1. The van der Waals surface area contributed by atoms with Crippen LogP contribution < -0.4 is 10.6 Å². The maximum atomic E-state index is 12.3. The number of halogens is 3. The van der Waals surface area contributed by atoms with E-state index < -0.39 is 18.6 Å². The summed E-state index contributed by atoms with van der Waals surface area (Å²) < 4.78 is 42.7. The lowest BCUT2D eigenvalue weighted by Gasteiger charge is -2.19. The number of nitrogens with zero attached hydrogens (tertiary/aromatic N) is 2. The summed E-state index contributed by atoms with van der Waals surface area (Å²) in [7, 11) is 2.61. The average molecular weight is 370 g/mol. The van der Waals surface area contributed by atoms with E-state index in [2.05, 4.69) is 15.6 Å². The Morgan fingerprint density at radius 3 is 2.58 bits per heavy atom. The van der Waals surface area contributed by atoms with Crippen molar-refractivity contribution in [1.82, 2.24) is 15.5 Å². The Labute approximate surface area is 149 Å². The third-order valence-corrected chi connectivity index (χ3v) is 3.83. The van der Waals surface area contributed by atoms with Crippen molar-refractivity contribution >= 4 is 22.8 Å². The molecule has 0 aliphatic carbocycles. The molecule has 1 amide bonds. The first-order valence-corrected chi connectivity index (χ1v) is 7.93. The normalized spacial score (nSPS) is 12.3. The van der Waals surface area contributed by atoms with Gasteiger partial charge >= 0.3 is 6.18 Å². The summed E-state index contributed by atoms with van der Waals surface area (Å²) in [5, 5.41) is 6.69. The third-order valence-electron chi connectivity index (χ3n) is 3.83. The molecule has 2 N–H and O–H groups in total. The summed E-state index contributed by atoms with van der Waals surface area (Å²) in [4.78, 5) is 16.3. The number of carbonyl (C=O) groups excluding carboxylic acids is 1. The van der Waals surface area contributed by atoms with Gasteiger partial charge in [0, 0.05) is 25.0 Å². The van der Waals surface area contributed by atoms with Gasteiger partial charge in [-0.05, 0) is 13.0 Å². The minimum Gasteiger partial charge on any atom is -0.459 e. The van der Waals surface area contributed by atoms with E-state index in [1.54, 1.807) is 0 Å². The quantitative estimate of drug-likeness (QED) is 0.627. The van der Waals surface area contributed by atoms with Gasteiger partial charge in [-0.1, -0.05) is 18.2 Å². The number of amides is 1. The Kier molecular flexibility index (Phi) is 6.12. The smallest absolute Gasteiger partial charge is 0.406 e. The summed E-state index contributed by atoms with van der Waals surface area (Å²) in [6.45, 7) is 0.671. The zero-order valence-electron chi connectivity index (χ0n) is 14.8. The summed E-state index contributed by atoms with van der Waals surface area (Å²) in [5.74, 6) is 0.318. The predicted octanol–water partition coefficient (Wildman–Crippen LogP) is 2.43. The molecule has 0 saturated heterocycles. The monoisotopic (exact) mass is 370 g/mol. The van der Waals surface area contributed by atoms with Gasteiger partial charge in [0.1, 0.15) is 17.9 Å². The maximum absolute atomic E-state index is 12.3. The number of nitrogens with one attached hydrogen (secondary N) is 2. The summed E-state index contributed by atoms with van der Waals surface area (Å²) in [6, 6.07) is 7.63. The van der Waals surface area contributed by atoms with Gasteiger partial charge in [0.15, 0.2) is 5.96 Å². The molecule has 6 nitrogen and oxygen atoms in total. The van der Waals surface area contributed by atoms with E-state index in [1.807, 2.05) is 31.2 Å². The summed E-state index contributed by atoms with van der Waals surface area (Å²) in [6.07, 6.45) is -4.43. The largest absolute Gasteiger partial charge is 0.459 e. The minimum absolute atomic E-state index is 0.290. The lowest BCUT2D eigenvalue weighted by atomic mass is 10.1. The van der Waals surface area contributed by atoms with Gasteiger partial charge in [-0.2, -0.15) is 13.2 Å². The van der Waals surface area contributed by atoms with Gasteiger partial charge in [0.05, 0.1) is 13.1 Å². The number of aliphatic imine (C=N–C) groups is 1. The van der Waals surface area contributed by atoms with Crippen LogP contribution in [0, 0.1) is 6.92 Å². The van der Waals surface area contributed by atoms with Crippen LogP contribution in [0.5, 0.6) is 0 Å². The molecule has 9 heteroatoms. The molecule has 0 saturated carbocycles. The molecule has 0 unspecified atom stereocenters. The Morgan fingerprint density at radius 2 is 1.96 bits per heavy atom. The van der Waals surface area contributed by atoms with E-state index in [0.29, 0.717) is 17.4 Å². The number of alkyl halides is 3. The number of furan rings is 1. The molecule has 0 aliphatic rings. The predicted molar refractivity (Wildman–Crippen MR) is 92.8 cm³/mol. The Bertz CT molecular complexity index is 799. The van der Waals surface area contributed by atoms with Crippen LogP contribution in [0.25, 0.3) is 11.0 Å². The van der Waals surface area contributed by atoms with Crippen molar-refractivity contribution in [2.24, 2.45) is 4.99 Å². The van der Waals surface area contributed by atoms with E-state index in [4.69, 9.17) is 4.42 Å². The molecule has 26 heavy (non-hydrogen) atoms. The molecule has 0 atom stereocenters. The fourth-order valence-corrected chi connectivity index (χ4v) is 2.43.